The molecule has 0 saturated carbocycles. The third-order valence-corrected chi connectivity index (χ3v) is 4.37. The molecule has 0 aliphatic carbocycles. The van der Waals surface area contributed by atoms with Gasteiger partial charge in [0.05, 0.1) is 10.6 Å². The Morgan fingerprint density at radius 1 is 1.14 bits per heavy atom. The van der Waals surface area contributed by atoms with Crippen LogP contribution in [0.3, 0.4) is 0 Å². The Kier molecular flexibility index (Phi) is 4.91. The van der Waals surface area contributed by atoms with Crippen molar-refractivity contribution in [2.45, 2.75) is 33.6 Å². The van der Waals surface area contributed by atoms with Crippen LogP contribution in [-0.4, -0.2) is 11.6 Å². The summed E-state index contributed by atoms with van der Waals surface area (Å²) in [6.07, 6.45) is 0. The number of hydrazone groups is 1. The molecule has 110 valence electrons. The molecule has 0 aliphatic heterocycles. The minimum Gasteiger partial charge on any atom is -0.267 e. The van der Waals surface area contributed by atoms with Crippen molar-refractivity contribution in [3.05, 3.63) is 57.3 Å². The molecular formula is C17H20N2OS. The second kappa shape index (κ2) is 6.68. The quantitative estimate of drug-likeness (QED) is 0.662. The molecule has 0 bridgehead atoms. The van der Waals surface area contributed by atoms with Gasteiger partial charge in [0, 0.05) is 10.4 Å². The highest BCUT2D eigenvalue weighted by molar-refractivity contribution is 7.14. The molecule has 0 atom stereocenters. The summed E-state index contributed by atoms with van der Waals surface area (Å²) in [6, 6.07) is 11.7. The maximum absolute atomic E-state index is 12.1. The highest BCUT2D eigenvalue weighted by atomic mass is 32.1. The zero-order valence-corrected chi connectivity index (χ0v) is 13.6. The van der Waals surface area contributed by atoms with Crippen LogP contribution >= 0.6 is 11.3 Å². The Balaban J connectivity index is 2.04. The Morgan fingerprint density at radius 2 is 1.81 bits per heavy atom. The number of benzene rings is 1. The van der Waals surface area contributed by atoms with Gasteiger partial charge in [-0.05, 0) is 49.6 Å². The summed E-state index contributed by atoms with van der Waals surface area (Å²) in [4.78, 5) is 14.4. The van der Waals surface area contributed by atoms with Gasteiger partial charge in [-0.25, -0.2) is 5.43 Å². The second-order valence-electron chi connectivity index (χ2n) is 5.33. The first-order valence-corrected chi connectivity index (χ1v) is 7.80. The number of carbonyl (C=O) groups is 1. The summed E-state index contributed by atoms with van der Waals surface area (Å²) in [7, 11) is 0. The molecule has 0 spiro atoms. The van der Waals surface area contributed by atoms with E-state index >= 15 is 0 Å². The SMILES string of the molecule is CC(=NNC(=O)c1ccc(C(C)C)cc1)c1ccc(C)s1. The average molecular weight is 300 g/mol. The topological polar surface area (TPSA) is 41.5 Å². The predicted molar refractivity (Wildman–Crippen MR) is 89.3 cm³/mol. The molecule has 1 amide bonds. The average Bonchev–Trinajstić information content (AvgIpc) is 2.91. The third-order valence-electron chi connectivity index (χ3n) is 3.26. The number of aryl methyl sites for hydroxylation is 1. The highest BCUT2D eigenvalue weighted by Gasteiger charge is 2.07. The molecule has 1 aromatic carbocycles. The van der Waals surface area contributed by atoms with E-state index in [9.17, 15) is 4.79 Å². The molecule has 1 aromatic heterocycles. The Hall–Kier alpha value is -1.94. The third kappa shape index (κ3) is 4.02. The van der Waals surface area contributed by atoms with Crippen molar-refractivity contribution in [3.63, 3.8) is 0 Å². The van der Waals surface area contributed by atoms with Gasteiger partial charge in [-0.2, -0.15) is 5.10 Å². The molecule has 0 aliphatic rings. The highest BCUT2D eigenvalue weighted by Crippen LogP contribution is 2.16. The van der Waals surface area contributed by atoms with E-state index in [-0.39, 0.29) is 5.91 Å². The molecule has 4 heteroatoms. The lowest BCUT2D eigenvalue weighted by Gasteiger charge is -2.06. The van der Waals surface area contributed by atoms with Crippen LogP contribution in [0, 0.1) is 6.92 Å². The first-order valence-electron chi connectivity index (χ1n) is 6.99. The molecular weight excluding hydrogens is 280 g/mol. The molecule has 0 unspecified atom stereocenters. The van der Waals surface area contributed by atoms with E-state index in [0.717, 1.165) is 10.6 Å². The Bertz CT molecular complexity index is 654. The fourth-order valence-electron chi connectivity index (χ4n) is 1.90. The zero-order chi connectivity index (χ0) is 15.4. The number of amides is 1. The van der Waals surface area contributed by atoms with Gasteiger partial charge in [0.2, 0.25) is 0 Å². The van der Waals surface area contributed by atoms with Crippen LogP contribution in [0.25, 0.3) is 0 Å². The van der Waals surface area contributed by atoms with Crippen molar-refractivity contribution in [3.8, 4) is 0 Å². The smallest absolute Gasteiger partial charge is 0.267 e. The summed E-state index contributed by atoms with van der Waals surface area (Å²) in [5.74, 6) is 0.280. The fraction of sp³-hybridized carbons (Fsp3) is 0.294. The first-order chi connectivity index (χ1) is 9.97. The maximum atomic E-state index is 12.1. The van der Waals surface area contributed by atoms with E-state index in [2.05, 4.69) is 31.3 Å². The van der Waals surface area contributed by atoms with Crippen LogP contribution in [0.2, 0.25) is 0 Å². The minimum absolute atomic E-state index is 0.182. The van der Waals surface area contributed by atoms with Crippen LogP contribution in [-0.2, 0) is 0 Å². The molecule has 1 N–H and O–H groups in total. The van der Waals surface area contributed by atoms with Gasteiger partial charge in [0.15, 0.2) is 0 Å². The molecule has 3 nitrogen and oxygen atoms in total. The van der Waals surface area contributed by atoms with E-state index in [1.54, 1.807) is 11.3 Å². The van der Waals surface area contributed by atoms with E-state index < -0.39 is 0 Å². The maximum Gasteiger partial charge on any atom is 0.271 e. The van der Waals surface area contributed by atoms with E-state index in [1.807, 2.05) is 43.3 Å². The van der Waals surface area contributed by atoms with E-state index in [4.69, 9.17) is 0 Å². The zero-order valence-electron chi connectivity index (χ0n) is 12.8. The van der Waals surface area contributed by atoms with Crippen LogP contribution in [0.15, 0.2) is 41.5 Å². The minimum atomic E-state index is -0.182. The van der Waals surface area contributed by atoms with E-state index in [1.165, 1.54) is 10.4 Å². The largest absolute Gasteiger partial charge is 0.271 e. The standard InChI is InChI=1S/C17H20N2OS/c1-11(2)14-6-8-15(9-7-14)17(20)19-18-13(4)16-10-5-12(3)21-16/h5-11H,1-4H3,(H,19,20). The molecule has 0 saturated heterocycles. The van der Waals surface area contributed by atoms with Crippen LogP contribution < -0.4 is 5.43 Å². The lowest BCUT2D eigenvalue weighted by molar-refractivity contribution is 0.0955. The van der Waals surface area contributed by atoms with Crippen molar-refractivity contribution in [1.82, 2.24) is 5.43 Å². The van der Waals surface area contributed by atoms with Gasteiger partial charge in [-0.3, -0.25) is 4.79 Å². The second-order valence-corrected chi connectivity index (χ2v) is 6.61. The monoisotopic (exact) mass is 300 g/mol. The number of carbonyl (C=O) groups excluding carboxylic acids is 1. The summed E-state index contributed by atoms with van der Waals surface area (Å²) in [6.45, 7) is 8.21. The van der Waals surface area contributed by atoms with Gasteiger partial charge in [0.25, 0.3) is 5.91 Å². The molecule has 1 heterocycles. The summed E-state index contributed by atoms with van der Waals surface area (Å²) in [5.41, 5.74) is 5.28. The molecule has 0 radical (unpaired) electrons. The fourth-order valence-corrected chi connectivity index (χ4v) is 2.72. The van der Waals surface area contributed by atoms with Crippen LogP contribution in [0.4, 0.5) is 0 Å². The predicted octanol–water partition coefficient (Wildman–Crippen LogP) is 4.33. The number of rotatable bonds is 4. The number of thiophene rings is 1. The molecule has 21 heavy (non-hydrogen) atoms. The van der Waals surface area contributed by atoms with Gasteiger partial charge in [0.1, 0.15) is 0 Å². The normalized spacial score (nSPS) is 11.8. The van der Waals surface area contributed by atoms with Crippen LogP contribution in [0.1, 0.15) is 52.4 Å². The molecule has 2 aromatic rings. The first kappa shape index (κ1) is 15.4. The summed E-state index contributed by atoms with van der Waals surface area (Å²) >= 11 is 1.67. The number of nitrogens with one attached hydrogen (secondary N) is 1. The Morgan fingerprint density at radius 3 is 2.33 bits per heavy atom. The number of hydrogen-bond donors (Lipinski definition) is 1. The summed E-state index contributed by atoms with van der Waals surface area (Å²) < 4.78 is 0. The van der Waals surface area contributed by atoms with Gasteiger partial charge in [-0.15, -0.1) is 11.3 Å². The van der Waals surface area contributed by atoms with Crippen molar-refractivity contribution >= 4 is 23.0 Å². The Labute approximate surface area is 129 Å². The van der Waals surface area contributed by atoms with Gasteiger partial charge in [-0.1, -0.05) is 26.0 Å². The number of hydrogen-bond acceptors (Lipinski definition) is 3. The van der Waals surface area contributed by atoms with Gasteiger partial charge < -0.3 is 0 Å². The van der Waals surface area contributed by atoms with Crippen molar-refractivity contribution in [1.29, 1.82) is 0 Å². The number of nitrogens with zero attached hydrogens (tertiary/aromatic N) is 1. The molecule has 0 fully saturated rings. The van der Waals surface area contributed by atoms with E-state index in [0.29, 0.717) is 11.5 Å². The van der Waals surface area contributed by atoms with Crippen molar-refractivity contribution in [2.75, 3.05) is 0 Å². The lowest BCUT2D eigenvalue weighted by Crippen LogP contribution is -2.19. The van der Waals surface area contributed by atoms with Crippen LogP contribution in [0.5, 0.6) is 0 Å². The molecule has 2 rings (SSSR count). The van der Waals surface area contributed by atoms with Crippen molar-refractivity contribution < 1.29 is 4.79 Å². The summed E-state index contributed by atoms with van der Waals surface area (Å²) in [5, 5.41) is 4.17. The van der Waals surface area contributed by atoms with Crippen molar-refractivity contribution in [2.24, 2.45) is 5.10 Å². The lowest BCUT2D eigenvalue weighted by atomic mass is 10.0. The van der Waals surface area contributed by atoms with Gasteiger partial charge >= 0.3 is 0 Å².